The molecule has 4 nitrogen and oxygen atoms in total. The number of benzene rings is 2. The molecular formula is C19H16F2N2O2S. The van der Waals surface area contributed by atoms with Gasteiger partial charge >= 0.3 is 0 Å². The van der Waals surface area contributed by atoms with E-state index in [1.54, 1.807) is 17.3 Å². The molecule has 0 saturated heterocycles. The Balaban J connectivity index is 1.60. The molecule has 0 aliphatic heterocycles. The van der Waals surface area contributed by atoms with Crippen LogP contribution in [0.15, 0.2) is 53.9 Å². The van der Waals surface area contributed by atoms with E-state index in [1.165, 1.54) is 17.4 Å². The van der Waals surface area contributed by atoms with Gasteiger partial charge < -0.3 is 9.64 Å². The number of rotatable bonds is 6. The van der Waals surface area contributed by atoms with Gasteiger partial charge in [-0.05, 0) is 17.7 Å². The fourth-order valence-corrected chi connectivity index (χ4v) is 3.01. The predicted molar refractivity (Wildman–Crippen MR) is 95.0 cm³/mol. The lowest BCUT2D eigenvalue weighted by atomic mass is 10.2. The van der Waals surface area contributed by atoms with Crippen LogP contribution in [-0.4, -0.2) is 22.8 Å². The highest BCUT2D eigenvalue weighted by Crippen LogP contribution is 2.20. The molecule has 0 spiro atoms. The Kier molecular flexibility index (Phi) is 5.58. The van der Waals surface area contributed by atoms with E-state index in [4.69, 9.17) is 4.74 Å². The fraction of sp³-hybridized carbons (Fsp3) is 0.158. The first-order valence-electron chi connectivity index (χ1n) is 7.84. The molecule has 0 atom stereocenters. The van der Waals surface area contributed by atoms with Crippen LogP contribution < -0.4 is 4.74 Å². The van der Waals surface area contributed by atoms with E-state index >= 15 is 0 Å². The number of thiazole rings is 1. The standard InChI is InChI=1S/C19H16F2N2O2S/c1-23(10-13-5-3-2-4-6-13)19(24)16-12-26-18(22-16)11-25-17-8-7-14(20)9-15(17)21/h2-9,12H,10-11H2,1H3. The second-order valence-corrected chi connectivity index (χ2v) is 6.58. The summed E-state index contributed by atoms with van der Waals surface area (Å²) in [4.78, 5) is 18.3. The highest BCUT2D eigenvalue weighted by atomic mass is 32.1. The third-order valence-electron chi connectivity index (χ3n) is 3.63. The number of halogens is 2. The molecule has 0 bridgehead atoms. The number of aromatic nitrogens is 1. The van der Waals surface area contributed by atoms with E-state index < -0.39 is 11.6 Å². The van der Waals surface area contributed by atoms with Crippen LogP contribution in [0.1, 0.15) is 21.1 Å². The van der Waals surface area contributed by atoms with Crippen molar-refractivity contribution in [2.45, 2.75) is 13.2 Å². The topological polar surface area (TPSA) is 42.4 Å². The minimum absolute atomic E-state index is 0.00288. The molecule has 3 aromatic rings. The van der Waals surface area contributed by atoms with Crippen LogP contribution >= 0.6 is 11.3 Å². The minimum atomic E-state index is -0.777. The molecule has 2 aromatic carbocycles. The van der Waals surface area contributed by atoms with Crippen molar-refractivity contribution in [1.29, 1.82) is 0 Å². The van der Waals surface area contributed by atoms with Crippen LogP contribution in [0.4, 0.5) is 8.78 Å². The van der Waals surface area contributed by atoms with E-state index in [1.807, 2.05) is 30.3 Å². The lowest BCUT2D eigenvalue weighted by molar-refractivity contribution is 0.0779. The summed E-state index contributed by atoms with van der Waals surface area (Å²) < 4.78 is 31.8. The molecule has 0 N–H and O–H groups in total. The first kappa shape index (κ1) is 18.0. The molecule has 0 aliphatic carbocycles. The number of amides is 1. The van der Waals surface area contributed by atoms with Gasteiger partial charge in [0.25, 0.3) is 5.91 Å². The maximum absolute atomic E-state index is 13.6. The number of hydrogen-bond donors (Lipinski definition) is 0. The van der Waals surface area contributed by atoms with Gasteiger partial charge in [-0.25, -0.2) is 13.8 Å². The summed E-state index contributed by atoms with van der Waals surface area (Å²) in [5.74, 6) is -1.71. The van der Waals surface area contributed by atoms with E-state index in [9.17, 15) is 13.6 Å². The summed E-state index contributed by atoms with van der Waals surface area (Å²) in [5.41, 5.74) is 1.33. The molecule has 1 heterocycles. The summed E-state index contributed by atoms with van der Waals surface area (Å²) in [6.45, 7) is 0.479. The van der Waals surface area contributed by atoms with Gasteiger partial charge in [-0.3, -0.25) is 4.79 Å². The molecule has 7 heteroatoms. The molecule has 0 radical (unpaired) electrons. The quantitative estimate of drug-likeness (QED) is 0.647. The SMILES string of the molecule is CN(Cc1ccccc1)C(=O)c1csc(COc2ccc(F)cc2F)n1. The first-order valence-corrected chi connectivity index (χ1v) is 8.72. The maximum atomic E-state index is 13.6. The number of ether oxygens (including phenoxy) is 1. The molecule has 3 rings (SSSR count). The second kappa shape index (κ2) is 8.05. The average Bonchev–Trinajstić information content (AvgIpc) is 3.10. The van der Waals surface area contributed by atoms with Gasteiger partial charge in [-0.15, -0.1) is 11.3 Å². The van der Waals surface area contributed by atoms with Crippen molar-refractivity contribution in [3.8, 4) is 5.75 Å². The highest BCUT2D eigenvalue weighted by molar-refractivity contribution is 7.09. The van der Waals surface area contributed by atoms with E-state index in [0.29, 0.717) is 17.2 Å². The molecular weight excluding hydrogens is 358 g/mol. The van der Waals surface area contributed by atoms with Gasteiger partial charge in [-0.2, -0.15) is 0 Å². The van der Waals surface area contributed by atoms with Gasteiger partial charge in [0.2, 0.25) is 0 Å². The average molecular weight is 374 g/mol. The smallest absolute Gasteiger partial charge is 0.273 e. The molecule has 134 valence electrons. The summed E-state index contributed by atoms with van der Waals surface area (Å²) in [5, 5.41) is 2.17. The third kappa shape index (κ3) is 4.43. The molecule has 1 aromatic heterocycles. The van der Waals surface area contributed by atoms with Gasteiger partial charge in [0.1, 0.15) is 23.1 Å². The number of carbonyl (C=O) groups excluding carboxylic acids is 1. The zero-order valence-electron chi connectivity index (χ0n) is 14.0. The van der Waals surface area contributed by atoms with Crippen molar-refractivity contribution in [2.24, 2.45) is 0 Å². The zero-order chi connectivity index (χ0) is 18.5. The van der Waals surface area contributed by atoms with Gasteiger partial charge in [0.15, 0.2) is 11.6 Å². The van der Waals surface area contributed by atoms with E-state index in [-0.39, 0.29) is 18.3 Å². The van der Waals surface area contributed by atoms with Crippen molar-refractivity contribution in [3.63, 3.8) is 0 Å². The van der Waals surface area contributed by atoms with Gasteiger partial charge in [-0.1, -0.05) is 30.3 Å². The molecule has 0 unspecified atom stereocenters. The molecule has 0 fully saturated rings. The largest absolute Gasteiger partial charge is 0.483 e. The molecule has 0 aliphatic rings. The van der Waals surface area contributed by atoms with Crippen LogP contribution in [0.3, 0.4) is 0 Å². The van der Waals surface area contributed by atoms with Crippen molar-refractivity contribution in [2.75, 3.05) is 7.05 Å². The Morgan fingerprint density at radius 1 is 1.19 bits per heavy atom. The van der Waals surface area contributed by atoms with Crippen molar-refractivity contribution >= 4 is 17.2 Å². The minimum Gasteiger partial charge on any atom is -0.483 e. The van der Waals surface area contributed by atoms with Gasteiger partial charge in [0, 0.05) is 25.0 Å². The van der Waals surface area contributed by atoms with Crippen molar-refractivity contribution in [3.05, 3.63) is 81.8 Å². The maximum Gasteiger partial charge on any atom is 0.273 e. The lowest BCUT2D eigenvalue weighted by Crippen LogP contribution is -2.26. The molecule has 26 heavy (non-hydrogen) atoms. The molecule has 0 saturated carbocycles. The summed E-state index contributed by atoms with van der Waals surface area (Å²) >= 11 is 1.25. The Morgan fingerprint density at radius 2 is 1.96 bits per heavy atom. The number of hydrogen-bond acceptors (Lipinski definition) is 4. The van der Waals surface area contributed by atoms with Crippen LogP contribution in [0.25, 0.3) is 0 Å². The van der Waals surface area contributed by atoms with E-state index in [0.717, 1.165) is 17.7 Å². The van der Waals surface area contributed by atoms with Crippen LogP contribution in [0, 0.1) is 11.6 Å². The number of carbonyl (C=O) groups is 1. The lowest BCUT2D eigenvalue weighted by Gasteiger charge is -2.15. The monoisotopic (exact) mass is 374 g/mol. The zero-order valence-corrected chi connectivity index (χ0v) is 14.8. The van der Waals surface area contributed by atoms with E-state index in [2.05, 4.69) is 4.98 Å². The van der Waals surface area contributed by atoms with Crippen LogP contribution in [0.5, 0.6) is 5.75 Å². The summed E-state index contributed by atoms with van der Waals surface area (Å²) in [7, 11) is 1.71. The highest BCUT2D eigenvalue weighted by Gasteiger charge is 2.16. The van der Waals surface area contributed by atoms with Crippen LogP contribution in [0.2, 0.25) is 0 Å². The predicted octanol–water partition coefficient (Wildman–Crippen LogP) is 4.27. The fourth-order valence-electron chi connectivity index (χ4n) is 2.33. The second-order valence-electron chi connectivity index (χ2n) is 5.64. The Morgan fingerprint density at radius 3 is 2.69 bits per heavy atom. The summed E-state index contributed by atoms with van der Waals surface area (Å²) in [6, 6.07) is 12.7. The number of nitrogens with zero attached hydrogens (tertiary/aromatic N) is 2. The normalized spacial score (nSPS) is 10.6. The third-order valence-corrected chi connectivity index (χ3v) is 4.45. The Hall–Kier alpha value is -2.80. The Bertz CT molecular complexity index is 900. The van der Waals surface area contributed by atoms with Gasteiger partial charge in [0.05, 0.1) is 0 Å². The molecule has 1 amide bonds. The van der Waals surface area contributed by atoms with Crippen LogP contribution in [-0.2, 0) is 13.2 Å². The summed E-state index contributed by atoms with van der Waals surface area (Å²) in [6.07, 6.45) is 0. The van der Waals surface area contributed by atoms with Crippen molar-refractivity contribution in [1.82, 2.24) is 9.88 Å². The van der Waals surface area contributed by atoms with Crippen molar-refractivity contribution < 1.29 is 18.3 Å². The first-order chi connectivity index (χ1) is 12.5. The Labute approximate surface area is 153 Å².